The number of rotatable bonds is 1. The van der Waals surface area contributed by atoms with Crippen LogP contribution >= 0.6 is 11.3 Å². The summed E-state index contributed by atoms with van der Waals surface area (Å²) in [5.41, 5.74) is 2.01. The first kappa shape index (κ1) is 8.26. The number of hydrogen-bond acceptors (Lipinski definition) is 2. The van der Waals surface area contributed by atoms with E-state index in [0.29, 0.717) is 0 Å². The minimum absolute atomic E-state index is 0.0394. The van der Waals surface area contributed by atoms with Gasteiger partial charge in [-0.3, -0.25) is 4.79 Å². The van der Waals surface area contributed by atoms with Crippen molar-refractivity contribution in [3.8, 4) is 11.3 Å². The van der Waals surface area contributed by atoms with Crippen molar-refractivity contribution < 1.29 is 0 Å². The lowest BCUT2D eigenvalue weighted by Crippen LogP contribution is -1.97. The van der Waals surface area contributed by atoms with E-state index in [1.165, 1.54) is 10.9 Å². The average Bonchev–Trinajstić information content (AvgIpc) is 2.52. The standard InChI is InChI=1S/C10H9NOS/c1-7-4-8(6-13-7)10-5-9(12)2-3-11-10/h2-6H,1H3,(H,11,12). The van der Waals surface area contributed by atoms with E-state index < -0.39 is 0 Å². The topological polar surface area (TPSA) is 32.9 Å². The summed E-state index contributed by atoms with van der Waals surface area (Å²) in [5.74, 6) is 0. The highest BCUT2D eigenvalue weighted by atomic mass is 32.1. The molecule has 2 rings (SSSR count). The van der Waals surface area contributed by atoms with Crippen LogP contribution in [0.1, 0.15) is 4.88 Å². The fourth-order valence-corrected chi connectivity index (χ4v) is 1.90. The van der Waals surface area contributed by atoms with Gasteiger partial charge in [0.1, 0.15) is 0 Å². The average molecular weight is 191 g/mol. The molecular formula is C10H9NOS. The first-order valence-electron chi connectivity index (χ1n) is 4.00. The van der Waals surface area contributed by atoms with E-state index in [2.05, 4.69) is 18.0 Å². The van der Waals surface area contributed by atoms with Crippen LogP contribution in [-0.4, -0.2) is 4.98 Å². The van der Waals surface area contributed by atoms with Crippen molar-refractivity contribution in [3.05, 3.63) is 44.9 Å². The van der Waals surface area contributed by atoms with Crippen LogP contribution in [0.2, 0.25) is 0 Å². The zero-order valence-electron chi connectivity index (χ0n) is 7.20. The maximum Gasteiger partial charge on any atom is 0.182 e. The van der Waals surface area contributed by atoms with Crippen LogP contribution in [-0.2, 0) is 0 Å². The van der Waals surface area contributed by atoms with Crippen LogP contribution in [0.3, 0.4) is 0 Å². The number of pyridine rings is 1. The quantitative estimate of drug-likeness (QED) is 0.737. The summed E-state index contributed by atoms with van der Waals surface area (Å²) >= 11 is 1.68. The van der Waals surface area contributed by atoms with Crippen LogP contribution in [0.5, 0.6) is 0 Å². The molecule has 2 aromatic rings. The van der Waals surface area contributed by atoms with Gasteiger partial charge >= 0.3 is 0 Å². The minimum atomic E-state index is 0.0394. The highest BCUT2D eigenvalue weighted by Crippen LogP contribution is 2.21. The molecule has 66 valence electrons. The largest absolute Gasteiger partial charge is 0.361 e. The second kappa shape index (κ2) is 3.18. The second-order valence-electron chi connectivity index (χ2n) is 2.88. The number of nitrogens with one attached hydrogen (secondary N) is 1. The molecule has 0 aliphatic heterocycles. The number of aryl methyl sites for hydroxylation is 1. The Morgan fingerprint density at radius 1 is 1.38 bits per heavy atom. The summed E-state index contributed by atoms with van der Waals surface area (Å²) in [7, 11) is 0. The molecule has 2 heterocycles. The normalized spacial score (nSPS) is 10.2. The number of hydrogen-bond donors (Lipinski definition) is 1. The van der Waals surface area contributed by atoms with E-state index in [0.717, 1.165) is 11.3 Å². The van der Waals surface area contributed by atoms with Gasteiger partial charge < -0.3 is 4.98 Å². The van der Waals surface area contributed by atoms with E-state index in [1.807, 2.05) is 5.38 Å². The van der Waals surface area contributed by atoms with Gasteiger partial charge in [-0.15, -0.1) is 11.3 Å². The van der Waals surface area contributed by atoms with Crippen molar-refractivity contribution in [2.75, 3.05) is 0 Å². The Bertz CT molecular complexity index is 470. The Balaban J connectivity index is 2.52. The fraction of sp³-hybridized carbons (Fsp3) is 0.100. The SMILES string of the molecule is Cc1cc(-c2cc(=O)cc[nH]2)cs1. The molecule has 0 radical (unpaired) electrons. The Kier molecular flexibility index (Phi) is 2.02. The molecular weight excluding hydrogens is 182 g/mol. The molecule has 0 saturated heterocycles. The van der Waals surface area contributed by atoms with Gasteiger partial charge in [-0.2, -0.15) is 0 Å². The summed E-state index contributed by atoms with van der Waals surface area (Å²) in [5, 5.41) is 2.04. The Labute approximate surface area is 79.9 Å². The lowest BCUT2D eigenvalue weighted by Gasteiger charge is -1.94. The van der Waals surface area contributed by atoms with Crippen molar-refractivity contribution >= 4 is 11.3 Å². The van der Waals surface area contributed by atoms with Crippen LogP contribution in [0.4, 0.5) is 0 Å². The molecule has 1 N–H and O–H groups in total. The zero-order valence-corrected chi connectivity index (χ0v) is 8.02. The number of H-pyrrole nitrogens is 1. The van der Waals surface area contributed by atoms with Crippen molar-refractivity contribution in [1.82, 2.24) is 4.98 Å². The smallest absolute Gasteiger partial charge is 0.182 e. The first-order chi connectivity index (χ1) is 6.25. The van der Waals surface area contributed by atoms with Crippen LogP contribution in [0.15, 0.2) is 34.6 Å². The Hall–Kier alpha value is -1.35. The summed E-state index contributed by atoms with van der Waals surface area (Å²) in [6.45, 7) is 2.05. The van der Waals surface area contributed by atoms with Gasteiger partial charge in [0.05, 0.1) is 5.69 Å². The summed E-state index contributed by atoms with van der Waals surface area (Å²) < 4.78 is 0. The third kappa shape index (κ3) is 1.70. The van der Waals surface area contributed by atoms with Gasteiger partial charge in [0.2, 0.25) is 0 Å². The van der Waals surface area contributed by atoms with Crippen molar-refractivity contribution in [3.63, 3.8) is 0 Å². The molecule has 0 fully saturated rings. The third-order valence-electron chi connectivity index (χ3n) is 1.81. The number of thiophene rings is 1. The predicted molar refractivity (Wildman–Crippen MR) is 55.1 cm³/mol. The lowest BCUT2D eigenvalue weighted by molar-refractivity contribution is 1.31. The van der Waals surface area contributed by atoms with E-state index in [-0.39, 0.29) is 5.43 Å². The van der Waals surface area contributed by atoms with Crippen molar-refractivity contribution in [2.45, 2.75) is 6.92 Å². The van der Waals surface area contributed by atoms with Gasteiger partial charge in [0.25, 0.3) is 0 Å². The summed E-state index contributed by atoms with van der Waals surface area (Å²) in [4.78, 5) is 15.3. The monoisotopic (exact) mass is 191 g/mol. The predicted octanol–water partition coefficient (Wildman–Crippen LogP) is 2.41. The molecule has 0 aromatic carbocycles. The van der Waals surface area contributed by atoms with Crippen LogP contribution in [0, 0.1) is 6.92 Å². The van der Waals surface area contributed by atoms with Gasteiger partial charge in [-0.1, -0.05) is 0 Å². The molecule has 2 aromatic heterocycles. The molecule has 3 heteroatoms. The van der Waals surface area contributed by atoms with Gasteiger partial charge in [0, 0.05) is 34.2 Å². The molecule has 0 spiro atoms. The highest BCUT2D eigenvalue weighted by molar-refractivity contribution is 7.10. The molecule has 0 bridgehead atoms. The second-order valence-corrected chi connectivity index (χ2v) is 4.00. The van der Waals surface area contributed by atoms with Crippen molar-refractivity contribution in [1.29, 1.82) is 0 Å². The number of aromatic amines is 1. The maximum absolute atomic E-state index is 11.1. The van der Waals surface area contributed by atoms with Gasteiger partial charge in [-0.05, 0) is 13.0 Å². The molecule has 0 aliphatic rings. The number of aromatic nitrogens is 1. The van der Waals surface area contributed by atoms with E-state index >= 15 is 0 Å². The molecule has 13 heavy (non-hydrogen) atoms. The van der Waals surface area contributed by atoms with Crippen LogP contribution in [0.25, 0.3) is 11.3 Å². The maximum atomic E-state index is 11.1. The highest BCUT2D eigenvalue weighted by Gasteiger charge is 1.99. The molecule has 0 atom stereocenters. The van der Waals surface area contributed by atoms with Gasteiger partial charge in [0.15, 0.2) is 5.43 Å². The summed E-state index contributed by atoms with van der Waals surface area (Å²) in [6, 6.07) is 5.19. The Morgan fingerprint density at radius 2 is 2.23 bits per heavy atom. The van der Waals surface area contributed by atoms with Crippen molar-refractivity contribution in [2.24, 2.45) is 0 Å². The minimum Gasteiger partial charge on any atom is -0.361 e. The van der Waals surface area contributed by atoms with E-state index in [4.69, 9.17) is 0 Å². The lowest BCUT2D eigenvalue weighted by atomic mass is 10.2. The molecule has 0 amide bonds. The third-order valence-corrected chi connectivity index (χ3v) is 2.68. The molecule has 0 aliphatic carbocycles. The van der Waals surface area contributed by atoms with E-state index in [9.17, 15) is 4.79 Å². The molecule has 2 nitrogen and oxygen atoms in total. The zero-order chi connectivity index (χ0) is 9.26. The first-order valence-corrected chi connectivity index (χ1v) is 4.88. The van der Waals surface area contributed by atoms with Crippen LogP contribution < -0.4 is 5.43 Å². The molecule has 0 saturated carbocycles. The Morgan fingerprint density at radius 3 is 2.85 bits per heavy atom. The van der Waals surface area contributed by atoms with E-state index in [1.54, 1.807) is 23.6 Å². The molecule has 0 unspecified atom stereocenters. The fourth-order valence-electron chi connectivity index (χ4n) is 1.20. The summed E-state index contributed by atoms with van der Waals surface area (Å²) in [6.07, 6.45) is 1.67. The van der Waals surface area contributed by atoms with Gasteiger partial charge in [-0.25, -0.2) is 0 Å².